The standard InChI is InChI=1S/C14H26NO8P/c1-10(8-6-4-2-3-5-7-9-11(16)17)13(12(18)14(15)19)23-24(20,21)22/h12-13,18H,1-9H2,(H2,15,19)(H,16,17)(H2,20,21,22). The van der Waals surface area contributed by atoms with Crippen LogP contribution < -0.4 is 5.73 Å². The van der Waals surface area contributed by atoms with E-state index in [1.807, 2.05) is 0 Å². The molecule has 9 nitrogen and oxygen atoms in total. The number of amides is 1. The molecule has 0 fully saturated rings. The van der Waals surface area contributed by atoms with Crippen LogP contribution in [-0.4, -0.2) is 44.1 Å². The lowest BCUT2D eigenvalue weighted by Gasteiger charge is -2.23. The van der Waals surface area contributed by atoms with Crippen molar-refractivity contribution >= 4 is 19.7 Å². The Kier molecular flexibility index (Phi) is 10.7. The molecule has 2 atom stereocenters. The zero-order valence-corrected chi connectivity index (χ0v) is 14.4. The number of aliphatic hydroxyl groups excluding tert-OH is 1. The van der Waals surface area contributed by atoms with Crippen molar-refractivity contribution in [3.05, 3.63) is 12.2 Å². The van der Waals surface area contributed by atoms with E-state index in [0.717, 1.165) is 25.7 Å². The highest BCUT2D eigenvalue weighted by molar-refractivity contribution is 7.46. The van der Waals surface area contributed by atoms with Crippen LogP contribution in [0.1, 0.15) is 51.4 Å². The number of aliphatic hydroxyl groups is 1. The van der Waals surface area contributed by atoms with E-state index in [1.54, 1.807) is 0 Å². The number of unbranched alkanes of at least 4 members (excludes halogenated alkanes) is 5. The number of primary amides is 1. The number of carboxylic acid groups (broad SMARTS) is 1. The van der Waals surface area contributed by atoms with Crippen molar-refractivity contribution < 1.29 is 38.7 Å². The molecule has 0 saturated carbocycles. The summed E-state index contributed by atoms with van der Waals surface area (Å²) in [5.41, 5.74) is 5.11. The first-order valence-electron chi connectivity index (χ1n) is 7.65. The van der Waals surface area contributed by atoms with E-state index in [2.05, 4.69) is 11.1 Å². The van der Waals surface area contributed by atoms with Gasteiger partial charge in [0.05, 0.1) is 0 Å². The van der Waals surface area contributed by atoms with Crippen LogP contribution in [-0.2, 0) is 18.7 Å². The van der Waals surface area contributed by atoms with Crippen LogP contribution in [0.2, 0.25) is 0 Å². The zero-order valence-electron chi connectivity index (χ0n) is 13.5. The molecule has 0 aliphatic rings. The second-order valence-electron chi connectivity index (χ2n) is 5.54. The van der Waals surface area contributed by atoms with E-state index >= 15 is 0 Å². The number of rotatable bonds is 14. The fourth-order valence-electron chi connectivity index (χ4n) is 2.13. The van der Waals surface area contributed by atoms with Crippen molar-refractivity contribution in [2.24, 2.45) is 5.73 Å². The first kappa shape index (κ1) is 22.8. The molecule has 0 aliphatic carbocycles. The molecule has 0 radical (unpaired) electrons. The number of aliphatic carboxylic acids is 1. The van der Waals surface area contributed by atoms with Gasteiger partial charge in [0.1, 0.15) is 6.10 Å². The van der Waals surface area contributed by atoms with E-state index in [4.69, 9.17) is 20.6 Å². The molecule has 2 unspecified atom stereocenters. The minimum atomic E-state index is -4.91. The smallest absolute Gasteiger partial charge is 0.470 e. The van der Waals surface area contributed by atoms with E-state index < -0.39 is 31.9 Å². The normalized spacial score (nSPS) is 14.1. The fraction of sp³-hybridized carbons (Fsp3) is 0.714. The number of nitrogens with two attached hydrogens (primary N) is 1. The molecule has 0 heterocycles. The van der Waals surface area contributed by atoms with Gasteiger partial charge in [-0.15, -0.1) is 0 Å². The zero-order chi connectivity index (χ0) is 18.8. The first-order valence-corrected chi connectivity index (χ1v) is 9.18. The minimum absolute atomic E-state index is 0.156. The average Bonchev–Trinajstić information content (AvgIpc) is 2.45. The number of carboxylic acids is 1. The molecular formula is C14H26NO8P. The van der Waals surface area contributed by atoms with E-state index in [-0.39, 0.29) is 12.0 Å². The number of hydrogen-bond acceptors (Lipinski definition) is 5. The second kappa shape index (κ2) is 11.3. The molecule has 24 heavy (non-hydrogen) atoms. The van der Waals surface area contributed by atoms with Crippen molar-refractivity contribution in [3.8, 4) is 0 Å². The first-order chi connectivity index (χ1) is 11.0. The summed E-state index contributed by atoms with van der Waals surface area (Å²) in [5.74, 6) is -1.97. The third kappa shape index (κ3) is 11.3. The van der Waals surface area contributed by atoms with E-state index in [9.17, 15) is 19.3 Å². The lowest BCUT2D eigenvalue weighted by molar-refractivity contribution is -0.137. The number of hydrogen-bond donors (Lipinski definition) is 5. The number of carbonyl (C=O) groups excluding carboxylic acids is 1. The summed E-state index contributed by atoms with van der Waals surface area (Å²) in [6.45, 7) is 3.61. The van der Waals surface area contributed by atoms with Crippen LogP contribution in [0, 0.1) is 0 Å². The van der Waals surface area contributed by atoms with E-state index in [0.29, 0.717) is 19.3 Å². The fourth-order valence-corrected chi connectivity index (χ4v) is 2.69. The number of carbonyl (C=O) groups is 2. The maximum atomic E-state index is 11.0. The van der Waals surface area contributed by atoms with Gasteiger partial charge in [0.25, 0.3) is 0 Å². The Morgan fingerprint density at radius 2 is 1.50 bits per heavy atom. The molecule has 10 heteroatoms. The second-order valence-corrected chi connectivity index (χ2v) is 6.73. The highest BCUT2D eigenvalue weighted by Gasteiger charge is 2.33. The van der Waals surface area contributed by atoms with Gasteiger partial charge in [0, 0.05) is 6.42 Å². The van der Waals surface area contributed by atoms with Gasteiger partial charge in [-0.05, 0) is 24.8 Å². The van der Waals surface area contributed by atoms with Crippen molar-refractivity contribution in [2.75, 3.05) is 0 Å². The molecular weight excluding hydrogens is 341 g/mol. The molecule has 0 aliphatic heterocycles. The third-order valence-electron chi connectivity index (χ3n) is 3.37. The van der Waals surface area contributed by atoms with Crippen molar-refractivity contribution in [1.82, 2.24) is 0 Å². The predicted octanol–water partition coefficient (Wildman–Crippen LogP) is 1.07. The number of phosphoric acid groups is 1. The van der Waals surface area contributed by atoms with Gasteiger partial charge in [-0.3, -0.25) is 14.1 Å². The summed E-state index contributed by atoms with van der Waals surface area (Å²) in [5, 5.41) is 18.1. The van der Waals surface area contributed by atoms with Crippen LogP contribution >= 0.6 is 7.82 Å². The topological polar surface area (TPSA) is 167 Å². The lowest BCUT2D eigenvalue weighted by atomic mass is 9.99. The summed E-state index contributed by atoms with van der Waals surface area (Å²) < 4.78 is 15.3. The van der Waals surface area contributed by atoms with Gasteiger partial charge < -0.3 is 25.7 Å². The monoisotopic (exact) mass is 367 g/mol. The summed E-state index contributed by atoms with van der Waals surface area (Å²) in [4.78, 5) is 39.0. The molecule has 0 rings (SSSR count). The summed E-state index contributed by atoms with van der Waals surface area (Å²) in [6, 6.07) is 0. The summed E-state index contributed by atoms with van der Waals surface area (Å²) in [6.07, 6.45) is 1.64. The minimum Gasteiger partial charge on any atom is -0.481 e. The number of phosphoric ester groups is 1. The van der Waals surface area contributed by atoms with Gasteiger partial charge in [0.15, 0.2) is 6.10 Å². The Bertz CT molecular complexity index is 475. The highest BCUT2D eigenvalue weighted by Crippen LogP contribution is 2.40. The Morgan fingerprint density at radius 1 is 1.04 bits per heavy atom. The molecule has 6 N–H and O–H groups in total. The molecule has 0 aromatic heterocycles. The molecule has 1 amide bonds. The van der Waals surface area contributed by atoms with Crippen molar-refractivity contribution in [2.45, 2.75) is 63.6 Å². The van der Waals surface area contributed by atoms with Crippen LogP contribution in [0.15, 0.2) is 12.2 Å². The maximum Gasteiger partial charge on any atom is 0.470 e. The SMILES string of the molecule is C=C(CCCCCCCCC(=O)O)C(OP(=O)(O)O)C(O)C(N)=O. The average molecular weight is 367 g/mol. The summed E-state index contributed by atoms with van der Waals surface area (Å²) >= 11 is 0. The predicted molar refractivity (Wildman–Crippen MR) is 85.8 cm³/mol. The van der Waals surface area contributed by atoms with Crippen LogP contribution in [0.25, 0.3) is 0 Å². The Hall–Kier alpha value is -1.25. The van der Waals surface area contributed by atoms with E-state index in [1.165, 1.54) is 0 Å². The van der Waals surface area contributed by atoms with Crippen LogP contribution in [0.4, 0.5) is 0 Å². The van der Waals surface area contributed by atoms with Gasteiger partial charge in [-0.25, -0.2) is 4.57 Å². The maximum absolute atomic E-state index is 11.0. The van der Waals surface area contributed by atoms with Crippen molar-refractivity contribution in [3.63, 3.8) is 0 Å². The van der Waals surface area contributed by atoms with Crippen molar-refractivity contribution in [1.29, 1.82) is 0 Å². The molecule has 0 bridgehead atoms. The molecule has 140 valence electrons. The third-order valence-corrected chi connectivity index (χ3v) is 3.87. The van der Waals surface area contributed by atoms with Crippen LogP contribution in [0.5, 0.6) is 0 Å². The van der Waals surface area contributed by atoms with Gasteiger partial charge in [0.2, 0.25) is 5.91 Å². The highest BCUT2D eigenvalue weighted by atomic mass is 31.2. The largest absolute Gasteiger partial charge is 0.481 e. The Balaban J connectivity index is 4.17. The van der Waals surface area contributed by atoms with Crippen LogP contribution in [0.3, 0.4) is 0 Å². The lowest BCUT2D eigenvalue weighted by Crippen LogP contribution is -2.40. The van der Waals surface area contributed by atoms with Gasteiger partial charge in [-0.2, -0.15) is 0 Å². The van der Waals surface area contributed by atoms with Gasteiger partial charge in [-0.1, -0.05) is 32.3 Å². The molecule has 0 spiro atoms. The molecule has 0 aromatic rings. The summed E-state index contributed by atoms with van der Waals surface area (Å²) in [7, 11) is -4.91. The Morgan fingerprint density at radius 3 is 1.92 bits per heavy atom. The Labute approximate surface area is 140 Å². The molecule has 0 saturated heterocycles. The van der Waals surface area contributed by atoms with Gasteiger partial charge >= 0.3 is 13.8 Å². The quantitative estimate of drug-likeness (QED) is 0.173. The molecule has 0 aromatic carbocycles.